The molecule has 0 atom stereocenters. The number of carbonyl (C=O) groups excluding carboxylic acids is 1. The van der Waals surface area contributed by atoms with E-state index in [1.807, 2.05) is 0 Å². The number of nitrogens with one attached hydrogen (secondary N) is 1. The lowest BCUT2D eigenvalue weighted by atomic mass is 10.2. The number of benzene rings is 1. The zero-order valence-corrected chi connectivity index (χ0v) is 10.1. The Morgan fingerprint density at radius 3 is 2.94 bits per heavy atom. The van der Waals surface area contributed by atoms with Crippen molar-refractivity contribution < 1.29 is 13.7 Å². The van der Waals surface area contributed by atoms with Crippen LogP contribution in [0.25, 0.3) is 0 Å². The molecule has 1 aromatic heterocycles. The van der Waals surface area contributed by atoms with Gasteiger partial charge in [-0.05, 0) is 18.2 Å². The maximum absolute atomic E-state index is 12.9. The van der Waals surface area contributed by atoms with Crippen LogP contribution < -0.4 is 5.32 Å². The van der Waals surface area contributed by atoms with E-state index in [0.717, 1.165) is 0 Å². The Balaban J connectivity index is 1.96. The molecule has 0 bridgehead atoms. The summed E-state index contributed by atoms with van der Waals surface area (Å²) in [5.74, 6) is -0.0816. The maximum atomic E-state index is 12.9. The van der Waals surface area contributed by atoms with Crippen LogP contribution in [0.5, 0.6) is 0 Å². The van der Waals surface area contributed by atoms with Gasteiger partial charge in [0, 0.05) is 11.6 Å². The summed E-state index contributed by atoms with van der Waals surface area (Å²) in [7, 11) is 0. The second-order valence-corrected chi connectivity index (χ2v) is 3.88. The Kier molecular flexibility index (Phi) is 3.94. The van der Waals surface area contributed by atoms with Crippen LogP contribution in [0, 0.1) is 5.82 Å². The third kappa shape index (κ3) is 3.07. The summed E-state index contributed by atoms with van der Waals surface area (Å²) in [5, 5.41) is 6.28. The molecule has 1 N–H and O–H groups in total. The summed E-state index contributed by atoms with van der Waals surface area (Å²) in [6.45, 7) is 0.180. The standard InChI is InChI=1S/C12H10ClFN2O2/c13-6-10-5-11(18-16-10)7-15-12(17)8-2-1-3-9(14)4-8/h1-5H,6-7H2,(H,15,17). The van der Waals surface area contributed by atoms with Gasteiger partial charge in [0.25, 0.3) is 5.91 Å². The molecule has 0 aliphatic rings. The van der Waals surface area contributed by atoms with Crippen LogP contribution in [0.15, 0.2) is 34.9 Å². The van der Waals surface area contributed by atoms with E-state index in [1.165, 1.54) is 24.3 Å². The smallest absolute Gasteiger partial charge is 0.251 e. The highest BCUT2D eigenvalue weighted by molar-refractivity contribution is 6.16. The van der Waals surface area contributed by atoms with Crippen molar-refractivity contribution in [2.45, 2.75) is 12.4 Å². The predicted octanol–water partition coefficient (Wildman–Crippen LogP) is 2.48. The first-order valence-corrected chi connectivity index (χ1v) is 5.76. The minimum Gasteiger partial charge on any atom is -0.359 e. The first-order valence-electron chi connectivity index (χ1n) is 5.23. The van der Waals surface area contributed by atoms with Crippen molar-refractivity contribution in [3.8, 4) is 0 Å². The molecule has 0 aliphatic carbocycles. The van der Waals surface area contributed by atoms with Gasteiger partial charge in [-0.25, -0.2) is 4.39 Å². The van der Waals surface area contributed by atoms with E-state index in [1.54, 1.807) is 6.07 Å². The lowest BCUT2D eigenvalue weighted by Gasteiger charge is -2.02. The number of carbonyl (C=O) groups is 1. The molecule has 0 saturated carbocycles. The number of amides is 1. The van der Waals surface area contributed by atoms with Gasteiger partial charge in [0.15, 0.2) is 5.76 Å². The SMILES string of the molecule is O=C(NCc1cc(CCl)no1)c1cccc(F)c1. The normalized spacial score (nSPS) is 10.3. The summed E-state index contributed by atoms with van der Waals surface area (Å²) >= 11 is 5.56. The fraction of sp³-hybridized carbons (Fsp3) is 0.167. The molecule has 0 spiro atoms. The van der Waals surface area contributed by atoms with E-state index in [4.69, 9.17) is 16.1 Å². The van der Waals surface area contributed by atoms with Gasteiger partial charge in [-0.3, -0.25) is 4.79 Å². The Labute approximate surface area is 108 Å². The first kappa shape index (κ1) is 12.6. The first-order chi connectivity index (χ1) is 8.69. The van der Waals surface area contributed by atoms with Gasteiger partial charge in [-0.2, -0.15) is 0 Å². The van der Waals surface area contributed by atoms with Crippen molar-refractivity contribution in [3.63, 3.8) is 0 Å². The average molecular weight is 269 g/mol. The largest absolute Gasteiger partial charge is 0.359 e. The second-order valence-electron chi connectivity index (χ2n) is 3.61. The summed E-state index contributed by atoms with van der Waals surface area (Å²) in [4.78, 5) is 11.7. The zero-order chi connectivity index (χ0) is 13.0. The minimum absolute atomic E-state index is 0.180. The molecule has 1 heterocycles. The minimum atomic E-state index is -0.452. The molecular weight excluding hydrogens is 259 g/mol. The quantitative estimate of drug-likeness (QED) is 0.867. The van der Waals surface area contributed by atoms with Crippen LogP contribution in [-0.2, 0) is 12.4 Å². The van der Waals surface area contributed by atoms with E-state index in [-0.39, 0.29) is 23.9 Å². The number of hydrogen-bond donors (Lipinski definition) is 1. The van der Waals surface area contributed by atoms with Crippen molar-refractivity contribution in [3.05, 3.63) is 53.2 Å². The van der Waals surface area contributed by atoms with Crippen molar-refractivity contribution in [2.75, 3.05) is 0 Å². The summed E-state index contributed by atoms with van der Waals surface area (Å²) in [6, 6.07) is 7.10. The number of alkyl halides is 1. The fourth-order valence-electron chi connectivity index (χ4n) is 1.40. The van der Waals surface area contributed by atoms with E-state index >= 15 is 0 Å². The lowest BCUT2D eigenvalue weighted by Crippen LogP contribution is -2.22. The topological polar surface area (TPSA) is 55.1 Å². The van der Waals surface area contributed by atoms with Crippen molar-refractivity contribution >= 4 is 17.5 Å². The van der Waals surface area contributed by atoms with Crippen molar-refractivity contribution in [1.82, 2.24) is 10.5 Å². The van der Waals surface area contributed by atoms with Crippen LogP contribution in [-0.4, -0.2) is 11.1 Å². The number of halogens is 2. The molecule has 0 radical (unpaired) electrons. The molecule has 1 amide bonds. The third-order valence-corrected chi connectivity index (χ3v) is 2.53. The zero-order valence-electron chi connectivity index (χ0n) is 9.32. The molecule has 0 saturated heterocycles. The Morgan fingerprint density at radius 1 is 1.44 bits per heavy atom. The molecule has 2 aromatic rings. The molecule has 94 valence electrons. The van der Waals surface area contributed by atoms with E-state index in [0.29, 0.717) is 11.5 Å². The van der Waals surface area contributed by atoms with Crippen LogP contribution in [0.2, 0.25) is 0 Å². The van der Waals surface area contributed by atoms with Crippen molar-refractivity contribution in [2.24, 2.45) is 0 Å². The number of hydrogen-bond acceptors (Lipinski definition) is 3. The number of nitrogens with zero attached hydrogens (tertiary/aromatic N) is 1. The van der Waals surface area contributed by atoms with E-state index < -0.39 is 5.82 Å². The van der Waals surface area contributed by atoms with Crippen LogP contribution >= 0.6 is 11.6 Å². The van der Waals surface area contributed by atoms with E-state index in [9.17, 15) is 9.18 Å². The van der Waals surface area contributed by atoms with Gasteiger partial charge >= 0.3 is 0 Å². The van der Waals surface area contributed by atoms with Gasteiger partial charge in [0.05, 0.1) is 18.1 Å². The monoisotopic (exact) mass is 268 g/mol. The Bertz CT molecular complexity index is 557. The molecule has 0 unspecified atom stereocenters. The molecule has 4 nitrogen and oxygen atoms in total. The average Bonchev–Trinajstić information content (AvgIpc) is 2.84. The Hall–Kier alpha value is -1.88. The molecule has 2 rings (SSSR count). The summed E-state index contributed by atoms with van der Waals surface area (Å²) in [5.41, 5.74) is 0.860. The lowest BCUT2D eigenvalue weighted by molar-refractivity contribution is 0.0946. The molecule has 0 aliphatic heterocycles. The van der Waals surface area contributed by atoms with Crippen molar-refractivity contribution in [1.29, 1.82) is 0 Å². The maximum Gasteiger partial charge on any atom is 0.251 e. The number of rotatable bonds is 4. The fourth-order valence-corrected chi connectivity index (χ4v) is 1.53. The summed E-state index contributed by atoms with van der Waals surface area (Å²) < 4.78 is 17.9. The molecule has 0 fully saturated rings. The third-order valence-electron chi connectivity index (χ3n) is 2.25. The van der Waals surface area contributed by atoms with Crippen LogP contribution in [0.3, 0.4) is 0 Å². The van der Waals surface area contributed by atoms with Gasteiger partial charge in [0.2, 0.25) is 0 Å². The molecule has 6 heteroatoms. The number of aromatic nitrogens is 1. The second kappa shape index (κ2) is 5.64. The van der Waals surface area contributed by atoms with Gasteiger partial charge in [-0.1, -0.05) is 11.2 Å². The van der Waals surface area contributed by atoms with Gasteiger partial charge in [-0.15, -0.1) is 11.6 Å². The predicted molar refractivity (Wildman–Crippen MR) is 63.6 cm³/mol. The highest BCUT2D eigenvalue weighted by Gasteiger charge is 2.08. The Morgan fingerprint density at radius 2 is 2.28 bits per heavy atom. The van der Waals surface area contributed by atoms with Crippen LogP contribution in [0.4, 0.5) is 4.39 Å². The van der Waals surface area contributed by atoms with Gasteiger partial charge in [0.1, 0.15) is 5.82 Å². The molecular formula is C12H10ClFN2O2. The highest BCUT2D eigenvalue weighted by atomic mass is 35.5. The molecule has 1 aromatic carbocycles. The molecule has 18 heavy (non-hydrogen) atoms. The highest BCUT2D eigenvalue weighted by Crippen LogP contribution is 2.07. The van der Waals surface area contributed by atoms with Gasteiger partial charge < -0.3 is 9.84 Å². The van der Waals surface area contributed by atoms with Crippen LogP contribution in [0.1, 0.15) is 21.8 Å². The summed E-state index contributed by atoms with van der Waals surface area (Å²) in [6.07, 6.45) is 0. The van der Waals surface area contributed by atoms with E-state index in [2.05, 4.69) is 10.5 Å².